The van der Waals surface area contributed by atoms with Gasteiger partial charge in [-0.05, 0) is 61.0 Å². The molecule has 6 nitrogen and oxygen atoms in total. The molecule has 0 aliphatic heterocycles. The van der Waals surface area contributed by atoms with Crippen LogP contribution in [0.2, 0.25) is 0 Å². The third-order valence-electron chi connectivity index (χ3n) is 3.99. The Morgan fingerprint density at radius 3 is 2.36 bits per heavy atom. The van der Waals surface area contributed by atoms with Gasteiger partial charge in [-0.1, -0.05) is 24.3 Å². The fraction of sp³-hybridized carbons (Fsp3) is 0.0476. The molecule has 3 aromatic carbocycles. The van der Waals surface area contributed by atoms with Gasteiger partial charge in [-0.3, -0.25) is 9.52 Å². The third-order valence-corrected chi connectivity index (χ3v) is 5.38. The predicted molar refractivity (Wildman–Crippen MR) is 108 cm³/mol. The minimum Gasteiger partial charge on any atom is -0.322 e. The van der Waals surface area contributed by atoms with Gasteiger partial charge in [0.25, 0.3) is 15.9 Å². The highest BCUT2D eigenvalue weighted by Gasteiger charge is 2.17. The first-order chi connectivity index (χ1) is 13.4. The van der Waals surface area contributed by atoms with Crippen molar-refractivity contribution in [1.29, 1.82) is 5.26 Å². The van der Waals surface area contributed by atoms with Gasteiger partial charge in [0.15, 0.2) is 0 Å². The number of carbonyl (C=O) groups excluding carboxylic acids is 1. The van der Waals surface area contributed by atoms with Gasteiger partial charge in [0.2, 0.25) is 0 Å². The number of amides is 1. The third kappa shape index (κ3) is 4.37. The number of carbonyl (C=O) groups is 1. The number of hydrogen-bond donors (Lipinski definition) is 2. The molecule has 0 saturated carbocycles. The molecule has 3 aromatic rings. The topological polar surface area (TPSA) is 99.1 Å². The molecular formula is C21H17N3O3S. The number of rotatable bonds is 5. The lowest BCUT2D eigenvalue weighted by Gasteiger charge is -2.10. The number of anilines is 2. The van der Waals surface area contributed by atoms with Crippen molar-refractivity contribution >= 4 is 27.3 Å². The van der Waals surface area contributed by atoms with Gasteiger partial charge in [-0.25, -0.2) is 8.42 Å². The van der Waals surface area contributed by atoms with E-state index in [9.17, 15) is 13.2 Å². The Hall–Kier alpha value is -3.63. The Balaban J connectivity index is 1.78. The zero-order valence-electron chi connectivity index (χ0n) is 15.0. The zero-order valence-corrected chi connectivity index (χ0v) is 15.8. The van der Waals surface area contributed by atoms with E-state index in [1.165, 1.54) is 36.4 Å². The Morgan fingerprint density at radius 2 is 1.68 bits per heavy atom. The second-order valence-electron chi connectivity index (χ2n) is 6.11. The van der Waals surface area contributed by atoms with Crippen molar-refractivity contribution in [2.75, 3.05) is 10.0 Å². The Labute approximate surface area is 163 Å². The summed E-state index contributed by atoms with van der Waals surface area (Å²) in [7, 11) is -3.89. The quantitative estimate of drug-likeness (QED) is 0.688. The lowest BCUT2D eigenvalue weighted by atomic mass is 10.2. The maximum atomic E-state index is 12.6. The van der Waals surface area contributed by atoms with Crippen LogP contribution in [0.25, 0.3) is 0 Å². The summed E-state index contributed by atoms with van der Waals surface area (Å²) in [4.78, 5) is 12.3. The molecule has 2 N–H and O–H groups in total. The minimum absolute atomic E-state index is 0.00708. The molecule has 0 saturated heterocycles. The second-order valence-corrected chi connectivity index (χ2v) is 7.79. The molecule has 0 fully saturated rings. The summed E-state index contributed by atoms with van der Waals surface area (Å²) in [6.07, 6.45) is 0. The van der Waals surface area contributed by atoms with E-state index in [0.717, 1.165) is 5.56 Å². The van der Waals surface area contributed by atoms with Crippen LogP contribution < -0.4 is 10.0 Å². The number of para-hydroxylation sites is 1. The maximum absolute atomic E-state index is 12.6. The van der Waals surface area contributed by atoms with Crippen LogP contribution in [-0.2, 0) is 10.0 Å². The Morgan fingerprint density at radius 1 is 0.964 bits per heavy atom. The summed E-state index contributed by atoms with van der Waals surface area (Å²) in [5.41, 5.74) is 2.43. The normalized spacial score (nSPS) is 10.7. The smallest absolute Gasteiger partial charge is 0.261 e. The molecule has 0 atom stereocenters. The highest BCUT2D eigenvalue weighted by atomic mass is 32.2. The summed E-state index contributed by atoms with van der Waals surface area (Å²) in [6.45, 7) is 1.92. The fourth-order valence-corrected chi connectivity index (χ4v) is 3.66. The summed E-state index contributed by atoms with van der Waals surface area (Å²) < 4.78 is 27.5. The van der Waals surface area contributed by atoms with E-state index >= 15 is 0 Å². The molecule has 7 heteroatoms. The zero-order chi connectivity index (χ0) is 20.1. The van der Waals surface area contributed by atoms with Crippen LogP contribution in [0.1, 0.15) is 21.5 Å². The number of benzene rings is 3. The van der Waals surface area contributed by atoms with Gasteiger partial charge in [0.1, 0.15) is 6.07 Å². The van der Waals surface area contributed by atoms with Gasteiger partial charge >= 0.3 is 0 Å². The van der Waals surface area contributed by atoms with Crippen LogP contribution in [0.3, 0.4) is 0 Å². The van der Waals surface area contributed by atoms with Crippen LogP contribution in [-0.4, -0.2) is 14.3 Å². The lowest BCUT2D eigenvalue weighted by Crippen LogP contribution is -2.15. The highest BCUT2D eigenvalue weighted by Crippen LogP contribution is 2.20. The summed E-state index contributed by atoms with van der Waals surface area (Å²) in [6, 6.07) is 21.2. The molecule has 1 amide bonds. The average Bonchev–Trinajstić information content (AvgIpc) is 2.68. The second kappa shape index (κ2) is 7.94. The van der Waals surface area contributed by atoms with Crippen molar-refractivity contribution in [3.05, 3.63) is 89.5 Å². The fourth-order valence-electron chi connectivity index (χ4n) is 2.58. The van der Waals surface area contributed by atoms with Crippen molar-refractivity contribution in [2.45, 2.75) is 11.8 Å². The van der Waals surface area contributed by atoms with Crippen LogP contribution in [0.5, 0.6) is 0 Å². The van der Waals surface area contributed by atoms with E-state index in [2.05, 4.69) is 10.0 Å². The molecule has 0 radical (unpaired) electrons. The molecular weight excluding hydrogens is 374 g/mol. The molecule has 0 bridgehead atoms. The Kier molecular flexibility index (Phi) is 5.43. The van der Waals surface area contributed by atoms with Gasteiger partial charge in [-0.15, -0.1) is 0 Å². The molecule has 0 unspecified atom stereocenters. The number of nitriles is 1. The number of aryl methyl sites for hydroxylation is 1. The van der Waals surface area contributed by atoms with E-state index in [1.54, 1.807) is 18.2 Å². The van der Waals surface area contributed by atoms with E-state index < -0.39 is 10.0 Å². The maximum Gasteiger partial charge on any atom is 0.261 e. The van der Waals surface area contributed by atoms with Crippen LogP contribution >= 0.6 is 0 Å². The summed E-state index contributed by atoms with van der Waals surface area (Å²) in [5, 5.41) is 11.9. The number of nitrogens with zero attached hydrogens (tertiary/aromatic N) is 1. The minimum atomic E-state index is -3.89. The molecule has 0 aromatic heterocycles. The number of sulfonamides is 1. The van der Waals surface area contributed by atoms with Gasteiger partial charge in [0.05, 0.1) is 16.1 Å². The standard InChI is InChI=1S/C21H17N3O3S/c1-15-5-4-7-18(13-15)23-21(25)16-9-11-19(12-10-16)28(26,27)24-20-8-3-2-6-17(20)14-22/h2-13,24H,1H3,(H,23,25). The molecule has 140 valence electrons. The van der Waals surface area contributed by atoms with E-state index in [-0.39, 0.29) is 22.1 Å². The van der Waals surface area contributed by atoms with Crippen molar-refractivity contribution in [3.8, 4) is 6.07 Å². The van der Waals surface area contributed by atoms with Crippen molar-refractivity contribution in [1.82, 2.24) is 0 Å². The SMILES string of the molecule is Cc1cccc(NC(=O)c2ccc(S(=O)(=O)Nc3ccccc3C#N)cc2)c1. The lowest BCUT2D eigenvalue weighted by molar-refractivity contribution is 0.102. The van der Waals surface area contributed by atoms with Gasteiger partial charge < -0.3 is 5.32 Å². The van der Waals surface area contributed by atoms with Crippen molar-refractivity contribution < 1.29 is 13.2 Å². The van der Waals surface area contributed by atoms with Crippen LogP contribution in [0.4, 0.5) is 11.4 Å². The first-order valence-electron chi connectivity index (χ1n) is 8.39. The molecule has 3 rings (SSSR count). The monoisotopic (exact) mass is 391 g/mol. The summed E-state index contributed by atoms with van der Waals surface area (Å²) >= 11 is 0. The highest BCUT2D eigenvalue weighted by molar-refractivity contribution is 7.92. The first-order valence-corrected chi connectivity index (χ1v) is 9.87. The van der Waals surface area contributed by atoms with Crippen LogP contribution in [0, 0.1) is 18.3 Å². The molecule has 28 heavy (non-hydrogen) atoms. The number of nitrogens with one attached hydrogen (secondary N) is 2. The Bertz CT molecular complexity index is 1160. The van der Waals surface area contributed by atoms with Crippen LogP contribution in [0.15, 0.2) is 77.7 Å². The molecule has 0 aliphatic carbocycles. The van der Waals surface area contributed by atoms with Gasteiger partial charge in [0, 0.05) is 11.3 Å². The largest absolute Gasteiger partial charge is 0.322 e. The van der Waals surface area contributed by atoms with Gasteiger partial charge in [-0.2, -0.15) is 5.26 Å². The number of hydrogen-bond acceptors (Lipinski definition) is 4. The average molecular weight is 391 g/mol. The first kappa shape index (κ1) is 19.1. The van der Waals surface area contributed by atoms with E-state index in [0.29, 0.717) is 11.3 Å². The molecule has 0 spiro atoms. The van der Waals surface area contributed by atoms with E-state index in [1.807, 2.05) is 31.2 Å². The van der Waals surface area contributed by atoms with Crippen molar-refractivity contribution in [2.24, 2.45) is 0 Å². The predicted octanol–water partition coefficient (Wildman–Crippen LogP) is 3.92. The summed E-state index contributed by atoms with van der Waals surface area (Å²) in [5.74, 6) is -0.336. The molecule has 0 aliphatic rings. The van der Waals surface area contributed by atoms with Crippen molar-refractivity contribution in [3.63, 3.8) is 0 Å². The molecule has 0 heterocycles. The van der Waals surface area contributed by atoms with E-state index in [4.69, 9.17) is 5.26 Å².